The zero-order valence-corrected chi connectivity index (χ0v) is 8.32. The smallest absolute Gasteiger partial charge is 0.265 e. The molecule has 1 rings (SSSR count). The van der Waals surface area contributed by atoms with Gasteiger partial charge in [0, 0.05) is 10.0 Å². The fourth-order valence-corrected chi connectivity index (χ4v) is 1.22. The zero-order chi connectivity index (χ0) is 9.14. The number of benzene rings is 1. The van der Waals surface area contributed by atoms with Crippen LogP contribution in [0.25, 0.3) is 0 Å². The second-order valence-electron chi connectivity index (χ2n) is 2.10. The van der Waals surface area contributed by atoms with Crippen LogP contribution >= 0.6 is 27.5 Å². The van der Waals surface area contributed by atoms with Crippen LogP contribution < -0.4 is 11.3 Å². The van der Waals surface area contributed by atoms with E-state index in [0.29, 0.717) is 15.1 Å². The first-order valence-electron chi connectivity index (χ1n) is 3.11. The lowest BCUT2D eigenvalue weighted by atomic mass is 10.2. The minimum absolute atomic E-state index is 0.340. The first-order valence-corrected chi connectivity index (χ1v) is 4.28. The van der Waals surface area contributed by atoms with Gasteiger partial charge in [0.1, 0.15) is 0 Å². The Morgan fingerprint density at radius 2 is 2.25 bits per heavy atom. The number of hydrazine groups is 1. The van der Waals surface area contributed by atoms with Crippen molar-refractivity contribution in [3.05, 3.63) is 33.3 Å². The van der Waals surface area contributed by atoms with Gasteiger partial charge in [0.25, 0.3) is 5.91 Å². The van der Waals surface area contributed by atoms with E-state index in [1.165, 1.54) is 0 Å². The first-order chi connectivity index (χ1) is 5.65. The summed E-state index contributed by atoms with van der Waals surface area (Å²) in [6.07, 6.45) is 0. The molecule has 0 aliphatic rings. The minimum Gasteiger partial charge on any atom is -0.290 e. The van der Waals surface area contributed by atoms with Crippen molar-refractivity contribution in [3.63, 3.8) is 0 Å². The molecule has 12 heavy (non-hydrogen) atoms. The number of carbonyl (C=O) groups excluding carboxylic acids is 1. The van der Waals surface area contributed by atoms with Gasteiger partial charge >= 0.3 is 0 Å². The molecule has 0 radical (unpaired) electrons. The van der Waals surface area contributed by atoms with Crippen molar-refractivity contribution in [3.8, 4) is 0 Å². The molecule has 0 aliphatic carbocycles. The number of hydrogen-bond acceptors (Lipinski definition) is 2. The highest BCUT2D eigenvalue weighted by molar-refractivity contribution is 9.10. The lowest BCUT2D eigenvalue weighted by Crippen LogP contribution is -2.29. The molecule has 3 N–H and O–H groups in total. The van der Waals surface area contributed by atoms with Crippen LogP contribution in [-0.2, 0) is 0 Å². The van der Waals surface area contributed by atoms with Gasteiger partial charge in [0.15, 0.2) is 0 Å². The molecule has 5 heteroatoms. The summed E-state index contributed by atoms with van der Waals surface area (Å²) in [6, 6.07) is 4.82. The predicted molar refractivity (Wildman–Crippen MR) is 50.8 cm³/mol. The van der Waals surface area contributed by atoms with Crippen molar-refractivity contribution in [2.45, 2.75) is 0 Å². The molecular formula is C7H6BrClN2O. The number of nitrogens with two attached hydrogens (primary N) is 1. The number of carbonyl (C=O) groups is 1. The van der Waals surface area contributed by atoms with E-state index in [1.54, 1.807) is 18.2 Å². The Morgan fingerprint density at radius 3 is 2.75 bits per heavy atom. The summed E-state index contributed by atoms with van der Waals surface area (Å²) in [5, 5.41) is 0.559. The van der Waals surface area contributed by atoms with Crippen LogP contribution in [0.15, 0.2) is 22.7 Å². The molecule has 0 aromatic heterocycles. The molecule has 0 unspecified atom stereocenters. The van der Waals surface area contributed by atoms with Gasteiger partial charge < -0.3 is 0 Å². The van der Waals surface area contributed by atoms with Crippen molar-refractivity contribution in [1.29, 1.82) is 0 Å². The van der Waals surface area contributed by atoms with Gasteiger partial charge in [0.05, 0.1) is 5.02 Å². The Morgan fingerprint density at radius 1 is 1.58 bits per heavy atom. The third-order valence-corrected chi connectivity index (χ3v) is 2.53. The molecule has 1 aromatic carbocycles. The largest absolute Gasteiger partial charge is 0.290 e. The SMILES string of the molecule is NNC(=O)c1ccc(Cl)c(Br)c1. The summed E-state index contributed by atoms with van der Waals surface area (Å²) in [4.78, 5) is 11.0. The van der Waals surface area contributed by atoms with E-state index in [1.807, 2.05) is 5.43 Å². The number of halogens is 2. The van der Waals surface area contributed by atoms with Crippen LogP contribution in [0, 0.1) is 0 Å². The fourth-order valence-electron chi connectivity index (χ4n) is 0.721. The Kier molecular flexibility index (Phi) is 3.08. The van der Waals surface area contributed by atoms with E-state index in [2.05, 4.69) is 15.9 Å². The first kappa shape index (κ1) is 9.51. The van der Waals surface area contributed by atoms with E-state index >= 15 is 0 Å². The summed E-state index contributed by atoms with van der Waals surface area (Å²) >= 11 is 8.91. The highest BCUT2D eigenvalue weighted by Crippen LogP contribution is 2.22. The maximum absolute atomic E-state index is 11.0. The second-order valence-corrected chi connectivity index (χ2v) is 3.36. The van der Waals surface area contributed by atoms with Crippen molar-refractivity contribution >= 4 is 33.4 Å². The molecule has 0 saturated heterocycles. The van der Waals surface area contributed by atoms with Crippen molar-refractivity contribution in [1.82, 2.24) is 5.43 Å². The lowest BCUT2D eigenvalue weighted by Gasteiger charge is -2.00. The summed E-state index contributed by atoms with van der Waals surface area (Å²) < 4.78 is 0.672. The van der Waals surface area contributed by atoms with Gasteiger partial charge in [-0.2, -0.15) is 0 Å². The van der Waals surface area contributed by atoms with Gasteiger partial charge in [-0.25, -0.2) is 5.84 Å². The van der Waals surface area contributed by atoms with Gasteiger partial charge in [-0.15, -0.1) is 0 Å². The van der Waals surface area contributed by atoms with Gasteiger partial charge in [0.2, 0.25) is 0 Å². The van der Waals surface area contributed by atoms with Crippen LogP contribution in [0.5, 0.6) is 0 Å². The monoisotopic (exact) mass is 248 g/mol. The van der Waals surface area contributed by atoms with E-state index in [9.17, 15) is 4.79 Å². The number of amides is 1. The van der Waals surface area contributed by atoms with Gasteiger partial charge in [-0.3, -0.25) is 10.2 Å². The summed E-state index contributed by atoms with van der Waals surface area (Å²) in [5.41, 5.74) is 2.49. The van der Waals surface area contributed by atoms with Crippen LogP contribution in [0.3, 0.4) is 0 Å². The Bertz CT molecular complexity index is 316. The van der Waals surface area contributed by atoms with Crippen molar-refractivity contribution < 1.29 is 4.79 Å². The number of nitrogen functional groups attached to an aromatic ring is 1. The molecule has 3 nitrogen and oxygen atoms in total. The molecule has 1 aromatic rings. The van der Waals surface area contributed by atoms with Crippen LogP contribution in [-0.4, -0.2) is 5.91 Å². The molecule has 1 amide bonds. The number of hydrogen-bond donors (Lipinski definition) is 2. The van der Waals surface area contributed by atoms with Crippen molar-refractivity contribution in [2.75, 3.05) is 0 Å². The van der Waals surface area contributed by atoms with Crippen LogP contribution in [0.1, 0.15) is 10.4 Å². The van der Waals surface area contributed by atoms with E-state index in [0.717, 1.165) is 0 Å². The van der Waals surface area contributed by atoms with E-state index < -0.39 is 0 Å². The maximum Gasteiger partial charge on any atom is 0.265 e. The molecule has 0 spiro atoms. The van der Waals surface area contributed by atoms with Crippen molar-refractivity contribution in [2.24, 2.45) is 5.84 Å². The molecule has 0 bridgehead atoms. The lowest BCUT2D eigenvalue weighted by molar-refractivity contribution is 0.0953. The molecule has 64 valence electrons. The second kappa shape index (κ2) is 3.89. The molecule has 0 saturated carbocycles. The number of rotatable bonds is 1. The standard InChI is InChI=1S/C7H6BrClN2O/c8-5-3-4(7(12)11-10)1-2-6(5)9/h1-3H,10H2,(H,11,12). The zero-order valence-electron chi connectivity index (χ0n) is 5.97. The predicted octanol–water partition coefficient (Wildman–Crippen LogP) is 1.71. The van der Waals surface area contributed by atoms with Gasteiger partial charge in [-0.1, -0.05) is 11.6 Å². The van der Waals surface area contributed by atoms with Gasteiger partial charge in [-0.05, 0) is 34.1 Å². The maximum atomic E-state index is 11.0. The molecule has 0 aliphatic heterocycles. The van der Waals surface area contributed by atoms with Crippen LogP contribution in [0.2, 0.25) is 5.02 Å². The molecule has 0 heterocycles. The average molecular weight is 249 g/mol. The summed E-state index contributed by atoms with van der Waals surface area (Å²) in [5.74, 6) is 4.60. The topological polar surface area (TPSA) is 55.1 Å². The Labute approximate surface area is 83.0 Å². The van der Waals surface area contributed by atoms with E-state index in [4.69, 9.17) is 17.4 Å². The summed E-state index contributed by atoms with van der Waals surface area (Å²) in [6.45, 7) is 0. The Balaban J connectivity index is 3.05. The van der Waals surface area contributed by atoms with E-state index in [-0.39, 0.29) is 5.91 Å². The molecular weight excluding hydrogens is 243 g/mol. The fraction of sp³-hybridized carbons (Fsp3) is 0. The third-order valence-electron chi connectivity index (χ3n) is 1.31. The highest BCUT2D eigenvalue weighted by atomic mass is 79.9. The normalized spacial score (nSPS) is 9.58. The third kappa shape index (κ3) is 1.97. The van der Waals surface area contributed by atoms with Crippen LogP contribution in [0.4, 0.5) is 0 Å². The molecule has 0 atom stereocenters. The average Bonchev–Trinajstić information content (AvgIpc) is 2.08. The minimum atomic E-state index is -0.340. The number of nitrogens with one attached hydrogen (secondary N) is 1. The summed E-state index contributed by atoms with van der Waals surface area (Å²) in [7, 11) is 0. The highest BCUT2D eigenvalue weighted by Gasteiger charge is 2.04. The molecule has 0 fully saturated rings. The quantitative estimate of drug-likeness (QED) is 0.452. The Hall–Kier alpha value is -0.580.